The largest absolute Gasteiger partial charge is 0.326 e. The maximum Gasteiger partial charge on any atom is 0.257 e. The minimum atomic E-state index is -3.47. The van der Waals surface area contributed by atoms with Crippen molar-refractivity contribution >= 4 is 10.0 Å². The maximum absolute atomic E-state index is 12.2. The number of aromatic nitrogens is 2. The Morgan fingerprint density at radius 2 is 2.33 bits per heavy atom. The third-order valence-electron chi connectivity index (χ3n) is 3.70. The number of hydrogen-bond donors (Lipinski definition) is 2. The van der Waals surface area contributed by atoms with Crippen molar-refractivity contribution in [2.75, 3.05) is 6.54 Å². The molecule has 18 heavy (non-hydrogen) atoms. The summed E-state index contributed by atoms with van der Waals surface area (Å²) in [6, 6.07) is -0.0688. The highest BCUT2D eigenvalue weighted by atomic mass is 32.2. The first-order valence-electron chi connectivity index (χ1n) is 6.37. The standard InChI is InChI=1S/C11H18N4O2S/c12-9(8-3-4-8)6-14-18(16,17)11-7-13-10-2-1-5-15(10)11/h7-9,14H,1-6,12H2. The molecule has 0 radical (unpaired) electrons. The summed E-state index contributed by atoms with van der Waals surface area (Å²) in [6.45, 7) is 1.05. The van der Waals surface area contributed by atoms with Gasteiger partial charge in [0.1, 0.15) is 5.82 Å². The Hall–Kier alpha value is -0.920. The average Bonchev–Trinajstić information content (AvgIpc) is 2.93. The molecule has 2 aliphatic rings. The van der Waals surface area contributed by atoms with Crippen LogP contribution in [0.1, 0.15) is 25.1 Å². The van der Waals surface area contributed by atoms with Gasteiger partial charge in [0.05, 0.1) is 6.20 Å². The van der Waals surface area contributed by atoms with E-state index in [1.807, 2.05) is 0 Å². The zero-order valence-corrected chi connectivity index (χ0v) is 11.0. The molecule has 1 unspecified atom stereocenters. The molecule has 1 aliphatic heterocycles. The van der Waals surface area contributed by atoms with E-state index in [0.717, 1.165) is 38.1 Å². The first-order chi connectivity index (χ1) is 8.58. The summed E-state index contributed by atoms with van der Waals surface area (Å²) in [7, 11) is -3.47. The molecule has 7 heteroatoms. The third-order valence-corrected chi connectivity index (χ3v) is 5.12. The van der Waals surface area contributed by atoms with Crippen molar-refractivity contribution in [3.8, 4) is 0 Å². The molecule has 3 N–H and O–H groups in total. The third kappa shape index (κ3) is 2.17. The van der Waals surface area contributed by atoms with Crippen molar-refractivity contribution in [3.63, 3.8) is 0 Å². The van der Waals surface area contributed by atoms with Gasteiger partial charge in [0, 0.05) is 25.6 Å². The average molecular weight is 270 g/mol. The van der Waals surface area contributed by atoms with Gasteiger partial charge in [-0.3, -0.25) is 0 Å². The van der Waals surface area contributed by atoms with Crippen LogP contribution in [-0.2, 0) is 23.0 Å². The number of hydrogen-bond acceptors (Lipinski definition) is 4. The Morgan fingerprint density at radius 3 is 3.06 bits per heavy atom. The second-order valence-electron chi connectivity index (χ2n) is 5.12. The van der Waals surface area contributed by atoms with Gasteiger partial charge in [0.2, 0.25) is 0 Å². The Kier molecular flexibility index (Phi) is 2.91. The quantitative estimate of drug-likeness (QED) is 0.778. The van der Waals surface area contributed by atoms with Crippen molar-refractivity contribution < 1.29 is 8.42 Å². The summed E-state index contributed by atoms with van der Waals surface area (Å²) in [5.74, 6) is 1.35. The second kappa shape index (κ2) is 4.32. The van der Waals surface area contributed by atoms with Crippen molar-refractivity contribution in [1.29, 1.82) is 0 Å². The normalized spacial score (nSPS) is 20.9. The van der Waals surface area contributed by atoms with E-state index in [-0.39, 0.29) is 11.1 Å². The van der Waals surface area contributed by atoms with E-state index in [1.165, 1.54) is 6.20 Å². The molecule has 1 aliphatic carbocycles. The van der Waals surface area contributed by atoms with E-state index in [4.69, 9.17) is 5.73 Å². The fourth-order valence-electron chi connectivity index (χ4n) is 2.42. The van der Waals surface area contributed by atoms with Crippen LogP contribution in [0.2, 0.25) is 0 Å². The van der Waals surface area contributed by atoms with E-state index >= 15 is 0 Å². The molecule has 1 saturated carbocycles. The topological polar surface area (TPSA) is 90.0 Å². The smallest absolute Gasteiger partial charge is 0.257 e. The maximum atomic E-state index is 12.2. The highest BCUT2D eigenvalue weighted by Crippen LogP contribution is 2.31. The van der Waals surface area contributed by atoms with Crippen LogP contribution in [0.15, 0.2) is 11.2 Å². The van der Waals surface area contributed by atoms with Gasteiger partial charge >= 0.3 is 0 Å². The van der Waals surface area contributed by atoms with Gasteiger partial charge in [0.25, 0.3) is 10.0 Å². The van der Waals surface area contributed by atoms with Gasteiger partial charge in [-0.05, 0) is 25.2 Å². The van der Waals surface area contributed by atoms with Gasteiger partial charge in [0.15, 0.2) is 5.03 Å². The van der Waals surface area contributed by atoms with Crippen molar-refractivity contribution in [2.24, 2.45) is 11.7 Å². The van der Waals surface area contributed by atoms with Gasteiger partial charge < -0.3 is 10.3 Å². The summed E-state index contributed by atoms with van der Waals surface area (Å²) >= 11 is 0. The summed E-state index contributed by atoms with van der Waals surface area (Å²) in [5.41, 5.74) is 5.90. The monoisotopic (exact) mass is 270 g/mol. The molecule has 100 valence electrons. The Morgan fingerprint density at radius 1 is 1.56 bits per heavy atom. The van der Waals surface area contributed by atoms with Gasteiger partial charge in [-0.1, -0.05) is 0 Å². The van der Waals surface area contributed by atoms with Gasteiger partial charge in [-0.2, -0.15) is 0 Å². The second-order valence-corrected chi connectivity index (χ2v) is 6.83. The van der Waals surface area contributed by atoms with Crippen LogP contribution in [0.5, 0.6) is 0 Å². The summed E-state index contributed by atoms with van der Waals surface area (Å²) in [5, 5.41) is 0.276. The lowest BCUT2D eigenvalue weighted by Gasteiger charge is -2.12. The van der Waals surface area contributed by atoms with E-state index in [0.29, 0.717) is 12.5 Å². The Balaban J connectivity index is 1.73. The molecule has 2 heterocycles. The SMILES string of the molecule is NC(CNS(=O)(=O)c1cnc2n1CCC2)C1CC1. The molecular weight excluding hydrogens is 252 g/mol. The van der Waals surface area contributed by atoms with Crippen LogP contribution in [0.4, 0.5) is 0 Å². The van der Waals surface area contributed by atoms with Crippen LogP contribution in [-0.4, -0.2) is 30.6 Å². The Bertz CT molecular complexity index is 547. The van der Waals surface area contributed by atoms with Crippen LogP contribution in [0, 0.1) is 5.92 Å². The van der Waals surface area contributed by atoms with Crippen molar-refractivity contribution in [2.45, 2.75) is 43.3 Å². The minimum absolute atomic E-state index is 0.0688. The molecular formula is C11H18N4O2S. The zero-order valence-electron chi connectivity index (χ0n) is 10.2. The molecule has 0 amide bonds. The molecule has 1 fully saturated rings. The predicted molar refractivity (Wildman–Crippen MR) is 66.4 cm³/mol. The minimum Gasteiger partial charge on any atom is -0.326 e. The summed E-state index contributed by atoms with van der Waals surface area (Å²) < 4.78 is 28.7. The Labute approximate surface area is 107 Å². The molecule has 1 atom stereocenters. The predicted octanol–water partition coefficient (Wildman–Crippen LogP) is -0.155. The van der Waals surface area contributed by atoms with Crippen molar-refractivity contribution in [3.05, 3.63) is 12.0 Å². The lowest BCUT2D eigenvalue weighted by molar-refractivity contribution is 0.538. The molecule has 6 nitrogen and oxygen atoms in total. The number of rotatable bonds is 5. The summed E-state index contributed by atoms with van der Waals surface area (Å²) in [6.07, 6.45) is 5.50. The lowest BCUT2D eigenvalue weighted by Crippen LogP contribution is -2.39. The van der Waals surface area contributed by atoms with Crippen LogP contribution < -0.4 is 10.5 Å². The van der Waals surface area contributed by atoms with Crippen LogP contribution >= 0.6 is 0 Å². The molecule has 1 aromatic heterocycles. The van der Waals surface area contributed by atoms with Crippen LogP contribution in [0.25, 0.3) is 0 Å². The van der Waals surface area contributed by atoms with Crippen molar-refractivity contribution in [1.82, 2.24) is 14.3 Å². The fraction of sp³-hybridized carbons (Fsp3) is 0.727. The van der Waals surface area contributed by atoms with E-state index in [2.05, 4.69) is 9.71 Å². The number of imidazole rings is 1. The van der Waals surface area contributed by atoms with Crippen LogP contribution in [0.3, 0.4) is 0 Å². The molecule has 0 spiro atoms. The zero-order chi connectivity index (χ0) is 12.8. The fourth-order valence-corrected chi connectivity index (χ4v) is 3.65. The molecule has 0 saturated heterocycles. The molecule has 1 aromatic rings. The van der Waals surface area contributed by atoms with E-state index in [1.54, 1.807) is 4.57 Å². The van der Waals surface area contributed by atoms with Gasteiger partial charge in [-0.25, -0.2) is 18.1 Å². The number of aryl methyl sites for hydroxylation is 1. The molecule has 3 rings (SSSR count). The van der Waals surface area contributed by atoms with E-state index < -0.39 is 10.0 Å². The number of nitrogens with one attached hydrogen (secondary N) is 1. The molecule has 0 bridgehead atoms. The first kappa shape index (κ1) is 12.1. The highest BCUT2D eigenvalue weighted by molar-refractivity contribution is 7.89. The number of nitrogens with zero attached hydrogens (tertiary/aromatic N) is 2. The number of sulfonamides is 1. The number of fused-ring (bicyclic) bond motifs is 1. The first-order valence-corrected chi connectivity index (χ1v) is 7.86. The lowest BCUT2D eigenvalue weighted by atomic mass is 10.2. The molecule has 0 aromatic carbocycles. The van der Waals surface area contributed by atoms with Gasteiger partial charge in [-0.15, -0.1) is 0 Å². The highest BCUT2D eigenvalue weighted by Gasteiger charge is 2.30. The number of nitrogens with two attached hydrogens (primary N) is 1. The summed E-state index contributed by atoms with van der Waals surface area (Å²) in [4.78, 5) is 4.15. The van der Waals surface area contributed by atoms with E-state index in [9.17, 15) is 8.42 Å².